The van der Waals surface area contributed by atoms with E-state index in [1.807, 2.05) is 0 Å². The van der Waals surface area contributed by atoms with E-state index in [2.05, 4.69) is 5.32 Å². The van der Waals surface area contributed by atoms with Gasteiger partial charge >= 0.3 is 0 Å². The van der Waals surface area contributed by atoms with E-state index in [-0.39, 0.29) is 24.2 Å². The molecule has 7 nitrogen and oxygen atoms in total. The van der Waals surface area contributed by atoms with E-state index in [0.29, 0.717) is 10.6 Å². The molecule has 35 heavy (non-hydrogen) atoms. The molecule has 0 unspecified atom stereocenters. The summed E-state index contributed by atoms with van der Waals surface area (Å²) in [5.41, 5.74) is 0.725. The highest BCUT2D eigenvalue weighted by Crippen LogP contribution is 2.21. The molecular formula is C25H31ClFN3O4S. The summed E-state index contributed by atoms with van der Waals surface area (Å²) in [7, 11) is -3.91. The van der Waals surface area contributed by atoms with Crippen molar-refractivity contribution in [3.8, 4) is 0 Å². The van der Waals surface area contributed by atoms with Crippen LogP contribution in [0.15, 0.2) is 48.5 Å². The first-order chi connectivity index (χ1) is 16.5. The van der Waals surface area contributed by atoms with Crippen molar-refractivity contribution in [1.82, 2.24) is 10.2 Å². The molecule has 0 aliphatic heterocycles. The summed E-state index contributed by atoms with van der Waals surface area (Å²) in [4.78, 5) is 27.9. The van der Waals surface area contributed by atoms with Gasteiger partial charge in [0, 0.05) is 17.6 Å². The first-order valence-electron chi connectivity index (χ1n) is 11.6. The summed E-state index contributed by atoms with van der Waals surface area (Å²) in [6.45, 7) is 1.09. The highest BCUT2D eigenvalue weighted by Gasteiger charge is 2.31. The number of rotatable bonds is 9. The Morgan fingerprint density at radius 2 is 1.80 bits per heavy atom. The van der Waals surface area contributed by atoms with Crippen LogP contribution in [-0.4, -0.2) is 50.0 Å². The van der Waals surface area contributed by atoms with Crippen LogP contribution in [0.4, 0.5) is 10.1 Å². The topological polar surface area (TPSA) is 86.8 Å². The minimum atomic E-state index is -3.91. The molecule has 1 saturated carbocycles. The van der Waals surface area contributed by atoms with E-state index in [9.17, 15) is 22.4 Å². The smallest absolute Gasteiger partial charge is 0.244 e. The van der Waals surface area contributed by atoms with Gasteiger partial charge in [0.05, 0.1) is 11.9 Å². The molecule has 1 aliphatic rings. The van der Waals surface area contributed by atoms with Crippen molar-refractivity contribution >= 4 is 39.1 Å². The second-order valence-electron chi connectivity index (χ2n) is 8.92. The Labute approximate surface area is 211 Å². The normalized spacial score (nSPS) is 15.3. The molecule has 0 heterocycles. The van der Waals surface area contributed by atoms with Crippen molar-refractivity contribution in [3.05, 3.63) is 64.9 Å². The van der Waals surface area contributed by atoms with Gasteiger partial charge < -0.3 is 10.2 Å². The maximum absolute atomic E-state index is 13.8. The van der Waals surface area contributed by atoms with Crippen molar-refractivity contribution in [2.45, 2.75) is 57.7 Å². The summed E-state index contributed by atoms with van der Waals surface area (Å²) in [6.07, 6.45) is 5.96. The third-order valence-electron chi connectivity index (χ3n) is 6.14. The predicted octanol–water partition coefficient (Wildman–Crippen LogP) is 4.11. The minimum Gasteiger partial charge on any atom is -0.352 e. The van der Waals surface area contributed by atoms with E-state index in [1.165, 1.54) is 23.1 Å². The summed E-state index contributed by atoms with van der Waals surface area (Å²) < 4.78 is 39.7. The molecule has 1 atom stereocenters. The fraction of sp³-hybridized carbons (Fsp3) is 0.440. The van der Waals surface area contributed by atoms with Gasteiger partial charge in [-0.25, -0.2) is 12.8 Å². The van der Waals surface area contributed by atoms with Crippen molar-refractivity contribution in [3.63, 3.8) is 0 Å². The van der Waals surface area contributed by atoms with Crippen LogP contribution < -0.4 is 9.62 Å². The van der Waals surface area contributed by atoms with Gasteiger partial charge in [-0.2, -0.15) is 0 Å². The Hall–Kier alpha value is -2.65. The Balaban J connectivity index is 1.87. The summed E-state index contributed by atoms with van der Waals surface area (Å²) >= 11 is 6.11. The maximum atomic E-state index is 13.8. The van der Waals surface area contributed by atoms with Crippen LogP contribution in [0.3, 0.4) is 0 Å². The van der Waals surface area contributed by atoms with Gasteiger partial charge in [-0.1, -0.05) is 49.1 Å². The molecule has 10 heteroatoms. The molecule has 0 saturated heterocycles. The third kappa shape index (κ3) is 7.67. The molecule has 1 fully saturated rings. The molecule has 0 radical (unpaired) electrons. The van der Waals surface area contributed by atoms with Crippen molar-refractivity contribution in [2.75, 3.05) is 17.1 Å². The molecule has 1 N–H and O–H groups in total. The molecule has 2 aromatic carbocycles. The molecule has 190 valence electrons. The number of nitrogens with zero attached hydrogens (tertiary/aromatic N) is 2. The lowest BCUT2D eigenvalue weighted by Gasteiger charge is -2.33. The van der Waals surface area contributed by atoms with Crippen LogP contribution in [-0.2, 0) is 26.2 Å². The number of anilines is 1. The first kappa shape index (κ1) is 26.9. The molecule has 0 aromatic heterocycles. The SMILES string of the molecule is C[C@@H](C(=O)NC1CCCCC1)N(Cc1cccc(Cl)c1)C(=O)CN(c1cccc(F)c1)S(C)(=O)=O. The van der Waals surface area contributed by atoms with E-state index in [0.717, 1.165) is 48.7 Å². The van der Waals surface area contributed by atoms with E-state index in [1.54, 1.807) is 31.2 Å². The number of hydrogen-bond donors (Lipinski definition) is 1. The lowest BCUT2D eigenvalue weighted by atomic mass is 9.95. The average Bonchev–Trinajstić information content (AvgIpc) is 2.80. The Morgan fingerprint density at radius 3 is 2.43 bits per heavy atom. The van der Waals surface area contributed by atoms with Gasteiger partial charge in [-0.15, -0.1) is 0 Å². The number of carbonyl (C=O) groups is 2. The van der Waals surface area contributed by atoms with Gasteiger partial charge in [-0.3, -0.25) is 13.9 Å². The molecular weight excluding hydrogens is 493 g/mol. The van der Waals surface area contributed by atoms with E-state index in [4.69, 9.17) is 11.6 Å². The highest BCUT2D eigenvalue weighted by atomic mass is 35.5. The molecule has 0 spiro atoms. The van der Waals surface area contributed by atoms with Gasteiger partial charge in [0.1, 0.15) is 18.4 Å². The summed E-state index contributed by atoms with van der Waals surface area (Å²) in [5.74, 6) is -1.52. The van der Waals surface area contributed by atoms with Gasteiger partial charge in [0.25, 0.3) is 0 Å². The zero-order valence-electron chi connectivity index (χ0n) is 19.9. The number of nitrogens with one attached hydrogen (secondary N) is 1. The Kier molecular flexibility index (Phi) is 9.13. The van der Waals surface area contributed by atoms with Crippen LogP contribution in [0, 0.1) is 5.82 Å². The van der Waals surface area contributed by atoms with Crippen LogP contribution in [0.2, 0.25) is 5.02 Å². The van der Waals surface area contributed by atoms with Crippen molar-refractivity contribution < 1.29 is 22.4 Å². The van der Waals surface area contributed by atoms with E-state index >= 15 is 0 Å². The van der Waals surface area contributed by atoms with Gasteiger partial charge in [-0.05, 0) is 55.7 Å². The van der Waals surface area contributed by atoms with Crippen molar-refractivity contribution in [2.24, 2.45) is 0 Å². The highest BCUT2D eigenvalue weighted by molar-refractivity contribution is 7.92. The minimum absolute atomic E-state index is 0.0304. The second-order valence-corrected chi connectivity index (χ2v) is 11.3. The predicted molar refractivity (Wildman–Crippen MR) is 135 cm³/mol. The first-order valence-corrected chi connectivity index (χ1v) is 13.8. The number of halogens is 2. The lowest BCUT2D eigenvalue weighted by molar-refractivity contribution is -0.139. The fourth-order valence-electron chi connectivity index (χ4n) is 4.23. The zero-order valence-corrected chi connectivity index (χ0v) is 21.5. The molecule has 3 rings (SSSR count). The van der Waals surface area contributed by atoms with Crippen LogP contribution >= 0.6 is 11.6 Å². The van der Waals surface area contributed by atoms with Crippen LogP contribution in [0.5, 0.6) is 0 Å². The van der Waals surface area contributed by atoms with Crippen molar-refractivity contribution in [1.29, 1.82) is 0 Å². The number of benzene rings is 2. The summed E-state index contributed by atoms with van der Waals surface area (Å²) in [5, 5.41) is 3.51. The second kappa shape index (κ2) is 11.9. The number of amides is 2. The Morgan fingerprint density at radius 1 is 1.11 bits per heavy atom. The lowest BCUT2D eigenvalue weighted by Crippen LogP contribution is -2.53. The maximum Gasteiger partial charge on any atom is 0.244 e. The Bertz CT molecular complexity index is 1150. The molecule has 2 aromatic rings. The monoisotopic (exact) mass is 523 g/mol. The number of sulfonamides is 1. The number of carbonyl (C=O) groups excluding carboxylic acids is 2. The fourth-order valence-corrected chi connectivity index (χ4v) is 5.28. The zero-order chi connectivity index (χ0) is 25.6. The van der Waals surface area contributed by atoms with E-state index < -0.39 is 34.3 Å². The quantitative estimate of drug-likeness (QED) is 0.536. The standard InChI is InChI=1S/C25H31ClFN3O4S/c1-18(25(32)28-22-11-4-3-5-12-22)29(16-19-8-6-9-20(26)14-19)24(31)17-30(35(2,33)34)23-13-7-10-21(27)15-23/h6-10,13-15,18,22H,3-5,11-12,16-17H2,1-2H3,(H,28,32)/t18-/m0/s1. The van der Waals surface area contributed by atoms with Gasteiger partial charge in [0.2, 0.25) is 21.8 Å². The van der Waals surface area contributed by atoms with Crippen LogP contribution in [0.1, 0.15) is 44.6 Å². The largest absolute Gasteiger partial charge is 0.352 e. The third-order valence-corrected chi connectivity index (χ3v) is 7.51. The molecule has 0 bridgehead atoms. The average molecular weight is 524 g/mol. The molecule has 2 amide bonds. The van der Waals surface area contributed by atoms with Gasteiger partial charge in [0.15, 0.2) is 0 Å². The molecule has 1 aliphatic carbocycles. The van der Waals surface area contributed by atoms with Crippen LogP contribution in [0.25, 0.3) is 0 Å². The number of hydrogen-bond acceptors (Lipinski definition) is 4. The summed E-state index contributed by atoms with van der Waals surface area (Å²) in [6, 6.07) is 11.1.